The number of hydrogen-bond donors (Lipinski definition) is 0. The molecule has 0 aliphatic heterocycles. The van der Waals surface area contributed by atoms with Gasteiger partial charge in [0.2, 0.25) is 0 Å². The van der Waals surface area contributed by atoms with Crippen molar-refractivity contribution in [2.45, 2.75) is 0 Å². The molecule has 0 aliphatic rings. The van der Waals surface area contributed by atoms with Gasteiger partial charge in [0.15, 0.2) is 5.78 Å². The van der Waals surface area contributed by atoms with Crippen molar-refractivity contribution in [3.63, 3.8) is 0 Å². The van der Waals surface area contributed by atoms with Gasteiger partial charge in [0, 0.05) is 21.2 Å². The van der Waals surface area contributed by atoms with Crippen LogP contribution in [-0.2, 0) is 0 Å². The molecule has 2 aromatic carbocycles. The molecule has 0 spiro atoms. The van der Waals surface area contributed by atoms with Gasteiger partial charge in [-0.1, -0.05) is 34.8 Å². The molecule has 0 saturated heterocycles. The number of hydrogen-bond acceptors (Lipinski definition) is 1. The summed E-state index contributed by atoms with van der Waals surface area (Å²) >= 11 is 17.5. The van der Waals surface area contributed by atoms with E-state index in [2.05, 4.69) is 0 Å². The fourth-order valence-electron chi connectivity index (χ4n) is 1.51. The van der Waals surface area contributed by atoms with E-state index in [0.29, 0.717) is 15.6 Å². The third kappa shape index (κ3) is 2.83. The summed E-state index contributed by atoms with van der Waals surface area (Å²) < 4.78 is 12.9. The molecule has 0 unspecified atom stereocenters. The van der Waals surface area contributed by atoms with Crippen molar-refractivity contribution in [2.75, 3.05) is 0 Å². The molecule has 92 valence electrons. The Labute approximate surface area is 118 Å². The first-order valence-corrected chi connectivity index (χ1v) is 6.06. The molecule has 5 heteroatoms. The van der Waals surface area contributed by atoms with Crippen LogP contribution in [0.2, 0.25) is 15.1 Å². The van der Waals surface area contributed by atoms with Crippen LogP contribution in [0.3, 0.4) is 0 Å². The average molecular weight is 304 g/mol. The summed E-state index contributed by atoms with van der Waals surface area (Å²) in [5, 5.41) is 0.754. The van der Waals surface area contributed by atoms with Crippen LogP contribution in [0.5, 0.6) is 0 Å². The summed E-state index contributed by atoms with van der Waals surface area (Å²) in [4.78, 5) is 12.2. The minimum Gasteiger partial charge on any atom is -0.289 e. The molecule has 0 fully saturated rings. The summed E-state index contributed by atoms with van der Waals surface area (Å²) in [6.07, 6.45) is 0. The molecule has 18 heavy (non-hydrogen) atoms. The van der Waals surface area contributed by atoms with Crippen LogP contribution in [0, 0.1) is 5.82 Å². The van der Waals surface area contributed by atoms with Crippen LogP contribution < -0.4 is 0 Å². The van der Waals surface area contributed by atoms with Crippen LogP contribution >= 0.6 is 34.8 Å². The second-order valence-corrected chi connectivity index (χ2v) is 4.89. The number of rotatable bonds is 2. The smallest absolute Gasteiger partial charge is 0.194 e. The zero-order valence-electron chi connectivity index (χ0n) is 8.88. The topological polar surface area (TPSA) is 17.1 Å². The van der Waals surface area contributed by atoms with Crippen LogP contribution in [0.4, 0.5) is 4.39 Å². The minimum absolute atomic E-state index is 0.0519. The van der Waals surface area contributed by atoms with Gasteiger partial charge in [-0.15, -0.1) is 0 Å². The van der Waals surface area contributed by atoms with Gasteiger partial charge >= 0.3 is 0 Å². The largest absolute Gasteiger partial charge is 0.289 e. The highest BCUT2D eigenvalue weighted by Crippen LogP contribution is 2.24. The summed E-state index contributed by atoms with van der Waals surface area (Å²) in [7, 11) is 0. The Bertz CT molecular complexity index is 605. The summed E-state index contributed by atoms with van der Waals surface area (Å²) in [6, 6.07) is 8.07. The zero-order chi connectivity index (χ0) is 13.3. The van der Waals surface area contributed by atoms with Gasteiger partial charge in [-0.05, 0) is 36.4 Å². The average Bonchev–Trinajstić information content (AvgIpc) is 2.26. The van der Waals surface area contributed by atoms with Gasteiger partial charge in [-0.3, -0.25) is 4.79 Å². The molecule has 0 radical (unpaired) electrons. The van der Waals surface area contributed by atoms with Crippen molar-refractivity contribution >= 4 is 40.6 Å². The number of benzene rings is 2. The summed E-state index contributed by atoms with van der Waals surface area (Å²) in [5.41, 5.74) is 0.511. The highest BCUT2D eigenvalue weighted by atomic mass is 35.5. The van der Waals surface area contributed by atoms with Crippen LogP contribution in [0.1, 0.15) is 15.9 Å². The van der Waals surface area contributed by atoms with Crippen molar-refractivity contribution in [1.82, 2.24) is 0 Å². The van der Waals surface area contributed by atoms with Crippen molar-refractivity contribution in [3.05, 3.63) is 68.4 Å². The third-order valence-electron chi connectivity index (χ3n) is 2.30. The van der Waals surface area contributed by atoms with E-state index in [1.807, 2.05) is 0 Å². The first-order valence-electron chi connectivity index (χ1n) is 4.93. The number of carbonyl (C=O) groups is 1. The monoisotopic (exact) mass is 302 g/mol. The number of carbonyl (C=O) groups excluding carboxylic acids is 1. The van der Waals surface area contributed by atoms with E-state index in [1.165, 1.54) is 30.3 Å². The Morgan fingerprint density at radius 3 is 2.11 bits per heavy atom. The second kappa shape index (κ2) is 5.27. The van der Waals surface area contributed by atoms with Gasteiger partial charge in [-0.25, -0.2) is 4.39 Å². The van der Waals surface area contributed by atoms with E-state index in [-0.39, 0.29) is 16.4 Å². The lowest BCUT2D eigenvalue weighted by atomic mass is 10.0. The Morgan fingerprint density at radius 2 is 1.56 bits per heavy atom. The Kier molecular flexibility index (Phi) is 3.91. The van der Waals surface area contributed by atoms with E-state index in [4.69, 9.17) is 34.8 Å². The number of halogens is 4. The number of ketones is 1. The van der Waals surface area contributed by atoms with Crippen LogP contribution in [0.25, 0.3) is 0 Å². The van der Waals surface area contributed by atoms with Gasteiger partial charge in [0.1, 0.15) is 5.82 Å². The van der Waals surface area contributed by atoms with Gasteiger partial charge in [-0.2, -0.15) is 0 Å². The highest BCUT2D eigenvalue weighted by Gasteiger charge is 2.14. The standard InChI is InChI=1S/C13H6Cl3FO/c14-8-3-7(4-9(15)5-8)13(18)11-2-1-10(17)6-12(11)16/h1-6H. The molecule has 0 aliphatic carbocycles. The van der Waals surface area contributed by atoms with Crippen LogP contribution in [0.15, 0.2) is 36.4 Å². The summed E-state index contributed by atoms with van der Waals surface area (Å²) in [5.74, 6) is -0.856. The maximum Gasteiger partial charge on any atom is 0.194 e. The van der Waals surface area contributed by atoms with Gasteiger partial charge in [0.25, 0.3) is 0 Å². The van der Waals surface area contributed by atoms with Crippen molar-refractivity contribution in [1.29, 1.82) is 0 Å². The van der Waals surface area contributed by atoms with Crippen molar-refractivity contribution in [3.8, 4) is 0 Å². The zero-order valence-corrected chi connectivity index (χ0v) is 11.2. The molecular weight excluding hydrogens is 297 g/mol. The predicted molar refractivity (Wildman–Crippen MR) is 71.3 cm³/mol. The maximum absolute atomic E-state index is 12.9. The normalized spacial score (nSPS) is 10.4. The first kappa shape index (κ1) is 13.3. The molecule has 0 atom stereocenters. The van der Waals surface area contributed by atoms with Crippen molar-refractivity contribution < 1.29 is 9.18 Å². The second-order valence-electron chi connectivity index (χ2n) is 3.61. The van der Waals surface area contributed by atoms with Crippen molar-refractivity contribution in [2.24, 2.45) is 0 Å². The lowest BCUT2D eigenvalue weighted by molar-refractivity contribution is 0.103. The predicted octanol–water partition coefficient (Wildman–Crippen LogP) is 5.02. The molecule has 0 bridgehead atoms. The van der Waals surface area contributed by atoms with E-state index >= 15 is 0 Å². The Balaban J connectivity index is 2.47. The quantitative estimate of drug-likeness (QED) is 0.712. The first-order chi connectivity index (χ1) is 8.47. The van der Waals surface area contributed by atoms with E-state index in [9.17, 15) is 9.18 Å². The lowest BCUT2D eigenvalue weighted by Gasteiger charge is -2.05. The molecular formula is C13H6Cl3FO. The maximum atomic E-state index is 12.9. The van der Waals surface area contributed by atoms with Gasteiger partial charge < -0.3 is 0 Å². The Hall–Kier alpha value is -1.09. The minimum atomic E-state index is -0.499. The van der Waals surface area contributed by atoms with E-state index in [1.54, 1.807) is 0 Å². The molecule has 2 rings (SSSR count). The molecule has 2 aromatic rings. The molecule has 0 amide bonds. The SMILES string of the molecule is O=C(c1cc(Cl)cc(Cl)c1)c1ccc(F)cc1Cl. The molecule has 1 nitrogen and oxygen atoms in total. The molecule has 0 aromatic heterocycles. The van der Waals surface area contributed by atoms with Gasteiger partial charge in [0.05, 0.1) is 5.02 Å². The lowest BCUT2D eigenvalue weighted by Crippen LogP contribution is -2.02. The van der Waals surface area contributed by atoms with Crippen LogP contribution in [-0.4, -0.2) is 5.78 Å². The highest BCUT2D eigenvalue weighted by molar-refractivity contribution is 6.37. The molecule has 0 heterocycles. The third-order valence-corrected chi connectivity index (χ3v) is 3.05. The molecule has 0 N–H and O–H groups in total. The fourth-order valence-corrected chi connectivity index (χ4v) is 2.29. The summed E-state index contributed by atoms with van der Waals surface area (Å²) in [6.45, 7) is 0. The Morgan fingerprint density at radius 1 is 0.944 bits per heavy atom. The van der Waals surface area contributed by atoms with E-state index < -0.39 is 5.82 Å². The van der Waals surface area contributed by atoms with E-state index in [0.717, 1.165) is 6.07 Å². The fraction of sp³-hybridized carbons (Fsp3) is 0. The molecule has 0 saturated carbocycles.